The monoisotopic (exact) mass is 242 g/mol. The highest BCUT2D eigenvalue weighted by molar-refractivity contribution is 7.09. The first-order chi connectivity index (χ1) is 7.79. The fraction of sp³-hybridized carbons (Fsp3) is 0.600. The number of nitrogens with zero attached hydrogens (tertiary/aromatic N) is 1. The summed E-state index contributed by atoms with van der Waals surface area (Å²) in [6.07, 6.45) is 1.35. The summed E-state index contributed by atoms with van der Waals surface area (Å²) in [6, 6.07) is 0. The highest BCUT2D eigenvalue weighted by Gasteiger charge is 2.22. The molecule has 0 amide bonds. The van der Waals surface area contributed by atoms with Crippen molar-refractivity contribution in [2.75, 3.05) is 19.8 Å². The Bertz CT molecular complexity index is 361. The molecule has 6 heteroatoms. The number of carbonyl (C=O) groups is 1. The minimum atomic E-state index is -0.366. The molecule has 0 aliphatic carbocycles. The lowest BCUT2D eigenvalue weighted by molar-refractivity contribution is 0.0264. The summed E-state index contributed by atoms with van der Waals surface area (Å²) in [4.78, 5) is 15.8. The maximum absolute atomic E-state index is 11.7. The second-order valence-electron chi connectivity index (χ2n) is 3.56. The molecule has 1 unspecified atom stereocenters. The third kappa shape index (κ3) is 2.78. The van der Waals surface area contributed by atoms with Gasteiger partial charge >= 0.3 is 5.97 Å². The summed E-state index contributed by atoms with van der Waals surface area (Å²) in [7, 11) is 0. The Hall–Kier alpha value is -0.980. The molecule has 1 aliphatic rings. The molecule has 88 valence electrons. The molecule has 0 saturated carbocycles. The van der Waals surface area contributed by atoms with Crippen LogP contribution in [-0.4, -0.2) is 36.8 Å². The zero-order chi connectivity index (χ0) is 11.4. The molecule has 1 aliphatic heterocycles. The van der Waals surface area contributed by atoms with Gasteiger partial charge in [0.05, 0.1) is 18.2 Å². The van der Waals surface area contributed by atoms with Crippen LogP contribution in [0.15, 0.2) is 5.38 Å². The molecule has 1 fully saturated rings. The normalized spacial score (nSPS) is 19.9. The molecule has 0 spiro atoms. The highest BCUT2D eigenvalue weighted by atomic mass is 32.1. The SMILES string of the molecule is NCCc1nc(C(=O)OC2CCOC2)cs1. The molecule has 0 aromatic carbocycles. The summed E-state index contributed by atoms with van der Waals surface area (Å²) in [5.74, 6) is -0.366. The molecule has 16 heavy (non-hydrogen) atoms. The van der Waals surface area contributed by atoms with Crippen LogP contribution in [0.25, 0.3) is 0 Å². The number of carbonyl (C=O) groups excluding carboxylic acids is 1. The van der Waals surface area contributed by atoms with Gasteiger partial charge in [0.2, 0.25) is 0 Å². The van der Waals surface area contributed by atoms with Crippen molar-refractivity contribution < 1.29 is 14.3 Å². The number of rotatable bonds is 4. The first kappa shape index (κ1) is 11.5. The van der Waals surface area contributed by atoms with E-state index in [9.17, 15) is 4.79 Å². The van der Waals surface area contributed by atoms with Crippen LogP contribution in [0.2, 0.25) is 0 Å². The van der Waals surface area contributed by atoms with Gasteiger partial charge in [0, 0.05) is 18.2 Å². The zero-order valence-electron chi connectivity index (χ0n) is 8.85. The maximum atomic E-state index is 11.7. The molecule has 1 aromatic heterocycles. The second kappa shape index (κ2) is 5.38. The molecular formula is C10H14N2O3S. The van der Waals surface area contributed by atoms with Crippen LogP contribution in [-0.2, 0) is 15.9 Å². The summed E-state index contributed by atoms with van der Waals surface area (Å²) in [5, 5.41) is 2.58. The van der Waals surface area contributed by atoms with E-state index in [0.717, 1.165) is 11.4 Å². The van der Waals surface area contributed by atoms with Gasteiger partial charge in [-0.15, -0.1) is 11.3 Å². The lowest BCUT2D eigenvalue weighted by Crippen LogP contribution is -2.18. The quantitative estimate of drug-likeness (QED) is 0.782. The van der Waals surface area contributed by atoms with Gasteiger partial charge in [-0.3, -0.25) is 0 Å². The van der Waals surface area contributed by atoms with Crippen molar-refractivity contribution in [3.8, 4) is 0 Å². The Morgan fingerprint density at radius 2 is 2.62 bits per heavy atom. The van der Waals surface area contributed by atoms with Crippen LogP contribution in [0, 0.1) is 0 Å². The maximum Gasteiger partial charge on any atom is 0.358 e. The minimum Gasteiger partial charge on any atom is -0.455 e. The molecule has 1 atom stereocenters. The van der Waals surface area contributed by atoms with Gasteiger partial charge < -0.3 is 15.2 Å². The van der Waals surface area contributed by atoms with Gasteiger partial charge in [0.25, 0.3) is 0 Å². The average molecular weight is 242 g/mol. The van der Waals surface area contributed by atoms with E-state index in [0.29, 0.717) is 31.9 Å². The van der Waals surface area contributed by atoms with Gasteiger partial charge in [-0.25, -0.2) is 9.78 Å². The molecule has 1 saturated heterocycles. The van der Waals surface area contributed by atoms with Crippen molar-refractivity contribution in [1.82, 2.24) is 4.98 Å². The Morgan fingerprint density at radius 1 is 1.75 bits per heavy atom. The molecule has 1 aromatic rings. The van der Waals surface area contributed by atoms with Crippen LogP contribution < -0.4 is 5.73 Å². The Labute approximate surface area is 97.6 Å². The topological polar surface area (TPSA) is 74.4 Å². The Balaban J connectivity index is 1.91. The van der Waals surface area contributed by atoms with Crippen molar-refractivity contribution in [1.29, 1.82) is 0 Å². The van der Waals surface area contributed by atoms with Crippen LogP contribution in [0.1, 0.15) is 21.9 Å². The van der Waals surface area contributed by atoms with Gasteiger partial charge in [0.15, 0.2) is 5.69 Å². The van der Waals surface area contributed by atoms with E-state index in [-0.39, 0.29) is 12.1 Å². The summed E-state index contributed by atoms with van der Waals surface area (Å²) in [5.41, 5.74) is 5.79. The van der Waals surface area contributed by atoms with Gasteiger partial charge in [-0.05, 0) is 6.54 Å². The molecule has 2 rings (SSSR count). The number of thiazole rings is 1. The van der Waals surface area contributed by atoms with E-state index in [4.69, 9.17) is 15.2 Å². The Morgan fingerprint density at radius 3 is 3.31 bits per heavy atom. The molecular weight excluding hydrogens is 228 g/mol. The fourth-order valence-corrected chi connectivity index (χ4v) is 2.24. The van der Waals surface area contributed by atoms with E-state index < -0.39 is 0 Å². The van der Waals surface area contributed by atoms with E-state index in [1.165, 1.54) is 11.3 Å². The van der Waals surface area contributed by atoms with Gasteiger partial charge in [-0.2, -0.15) is 0 Å². The number of esters is 1. The number of hydrogen-bond acceptors (Lipinski definition) is 6. The smallest absolute Gasteiger partial charge is 0.358 e. The lowest BCUT2D eigenvalue weighted by Gasteiger charge is -2.07. The Kier molecular flexibility index (Phi) is 3.87. The lowest BCUT2D eigenvalue weighted by atomic mass is 10.3. The van der Waals surface area contributed by atoms with Crippen molar-refractivity contribution in [2.45, 2.75) is 18.9 Å². The van der Waals surface area contributed by atoms with Crippen molar-refractivity contribution >= 4 is 17.3 Å². The highest BCUT2D eigenvalue weighted by Crippen LogP contribution is 2.14. The van der Waals surface area contributed by atoms with E-state index in [1.807, 2.05) is 0 Å². The van der Waals surface area contributed by atoms with E-state index in [2.05, 4.69) is 4.98 Å². The minimum absolute atomic E-state index is 0.118. The first-order valence-electron chi connectivity index (χ1n) is 5.23. The predicted molar refractivity (Wildman–Crippen MR) is 59.5 cm³/mol. The zero-order valence-corrected chi connectivity index (χ0v) is 9.66. The summed E-state index contributed by atoms with van der Waals surface area (Å²) >= 11 is 1.44. The van der Waals surface area contributed by atoms with E-state index >= 15 is 0 Å². The fourth-order valence-electron chi connectivity index (χ4n) is 1.46. The van der Waals surface area contributed by atoms with Gasteiger partial charge in [-0.1, -0.05) is 0 Å². The molecule has 2 N–H and O–H groups in total. The van der Waals surface area contributed by atoms with Crippen molar-refractivity contribution in [3.63, 3.8) is 0 Å². The second-order valence-corrected chi connectivity index (χ2v) is 4.50. The summed E-state index contributed by atoms with van der Waals surface area (Å²) in [6.45, 7) is 1.69. The summed E-state index contributed by atoms with van der Waals surface area (Å²) < 4.78 is 10.4. The van der Waals surface area contributed by atoms with Crippen LogP contribution in [0.3, 0.4) is 0 Å². The van der Waals surface area contributed by atoms with Crippen molar-refractivity contribution in [2.24, 2.45) is 5.73 Å². The first-order valence-corrected chi connectivity index (χ1v) is 6.10. The van der Waals surface area contributed by atoms with Crippen LogP contribution >= 0.6 is 11.3 Å². The number of ether oxygens (including phenoxy) is 2. The largest absolute Gasteiger partial charge is 0.455 e. The van der Waals surface area contributed by atoms with Crippen LogP contribution in [0.4, 0.5) is 0 Å². The molecule has 5 nitrogen and oxygen atoms in total. The van der Waals surface area contributed by atoms with Crippen LogP contribution in [0.5, 0.6) is 0 Å². The third-order valence-electron chi connectivity index (χ3n) is 2.28. The number of hydrogen-bond donors (Lipinski definition) is 1. The number of aromatic nitrogens is 1. The predicted octanol–water partition coefficient (Wildman–Crippen LogP) is 0.590. The molecule has 2 heterocycles. The standard InChI is InChI=1S/C10H14N2O3S/c11-3-1-9-12-8(6-16-9)10(13)15-7-2-4-14-5-7/h6-7H,1-5,11H2. The van der Waals surface area contributed by atoms with E-state index in [1.54, 1.807) is 5.38 Å². The third-order valence-corrected chi connectivity index (χ3v) is 3.19. The van der Waals surface area contributed by atoms with Gasteiger partial charge in [0.1, 0.15) is 6.10 Å². The molecule has 0 radical (unpaired) electrons. The molecule has 0 bridgehead atoms. The van der Waals surface area contributed by atoms with Crippen molar-refractivity contribution in [3.05, 3.63) is 16.1 Å². The average Bonchev–Trinajstić information content (AvgIpc) is 2.89. The number of nitrogens with two attached hydrogens (primary N) is 1.